The van der Waals surface area contributed by atoms with E-state index in [0.29, 0.717) is 17.1 Å². The first-order chi connectivity index (χ1) is 8.20. The van der Waals surface area contributed by atoms with Crippen LogP contribution in [0.5, 0.6) is 17.2 Å². The molecule has 0 spiro atoms. The Kier molecular flexibility index (Phi) is 2.97. The smallest absolute Gasteiger partial charge is 0.169 e. The van der Waals surface area contributed by atoms with Gasteiger partial charge in [-0.3, -0.25) is 0 Å². The van der Waals surface area contributed by atoms with E-state index in [1.165, 1.54) is 0 Å². The van der Waals surface area contributed by atoms with Crippen LogP contribution in [0.1, 0.15) is 11.1 Å². The summed E-state index contributed by atoms with van der Waals surface area (Å²) in [6.45, 7) is 1.86. The summed E-state index contributed by atoms with van der Waals surface area (Å²) in [7, 11) is 0. The zero-order chi connectivity index (χ0) is 12.3. The third kappa shape index (κ3) is 2.37. The Hall–Kier alpha value is -2.47. The van der Waals surface area contributed by atoms with Crippen molar-refractivity contribution in [2.45, 2.75) is 6.92 Å². The minimum absolute atomic E-state index is 0.0938. The molecule has 0 aliphatic heterocycles. The number of phenolic OH excluding ortho intramolecular Hbond substituents is 1. The van der Waals surface area contributed by atoms with Crippen molar-refractivity contribution in [2.75, 3.05) is 0 Å². The predicted molar refractivity (Wildman–Crippen MR) is 64.1 cm³/mol. The lowest BCUT2D eigenvalue weighted by Crippen LogP contribution is -1.88. The number of aromatic hydroxyl groups is 1. The van der Waals surface area contributed by atoms with Crippen LogP contribution in [0.25, 0.3) is 0 Å². The monoisotopic (exact) mass is 225 g/mol. The second-order valence-electron chi connectivity index (χ2n) is 3.66. The van der Waals surface area contributed by atoms with Crippen LogP contribution in [-0.2, 0) is 0 Å². The molecule has 0 atom stereocenters. The molecule has 0 amide bonds. The van der Waals surface area contributed by atoms with E-state index in [1.54, 1.807) is 42.5 Å². The molecule has 0 unspecified atom stereocenters. The molecule has 84 valence electrons. The summed E-state index contributed by atoms with van der Waals surface area (Å²) < 4.78 is 5.58. The number of ether oxygens (including phenoxy) is 1. The summed E-state index contributed by atoms with van der Waals surface area (Å²) in [6.07, 6.45) is 0. The number of rotatable bonds is 2. The Bertz CT molecular complexity index is 585. The number of nitriles is 1. The van der Waals surface area contributed by atoms with Crippen molar-refractivity contribution < 1.29 is 9.84 Å². The van der Waals surface area contributed by atoms with Crippen LogP contribution >= 0.6 is 0 Å². The summed E-state index contributed by atoms with van der Waals surface area (Å²) in [5.74, 6) is 1.13. The fourth-order valence-electron chi connectivity index (χ4n) is 1.50. The van der Waals surface area contributed by atoms with E-state index in [-0.39, 0.29) is 5.75 Å². The fourth-order valence-corrected chi connectivity index (χ4v) is 1.50. The highest BCUT2D eigenvalue weighted by Gasteiger charge is 2.05. The van der Waals surface area contributed by atoms with Crippen LogP contribution in [0.2, 0.25) is 0 Å². The third-order valence-electron chi connectivity index (χ3n) is 2.39. The molecule has 0 saturated carbocycles. The van der Waals surface area contributed by atoms with E-state index in [0.717, 1.165) is 5.56 Å². The molecule has 2 aromatic carbocycles. The number of para-hydroxylation sites is 2. The zero-order valence-electron chi connectivity index (χ0n) is 9.34. The maximum absolute atomic E-state index is 9.59. The SMILES string of the molecule is Cc1cc(C#N)ccc1Oc1ccccc1O. The number of hydrogen-bond donors (Lipinski definition) is 1. The van der Waals surface area contributed by atoms with E-state index in [2.05, 4.69) is 6.07 Å². The number of nitrogens with zero attached hydrogens (tertiary/aromatic N) is 1. The Morgan fingerprint density at radius 1 is 1.12 bits per heavy atom. The zero-order valence-corrected chi connectivity index (χ0v) is 9.34. The molecule has 0 bridgehead atoms. The van der Waals surface area contributed by atoms with Gasteiger partial charge in [-0.05, 0) is 42.8 Å². The molecule has 0 aromatic heterocycles. The molecule has 1 N–H and O–H groups in total. The topological polar surface area (TPSA) is 53.2 Å². The van der Waals surface area contributed by atoms with Crippen molar-refractivity contribution in [1.82, 2.24) is 0 Å². The fraction of sp³-hybridized carbons (Fsp3) is 0.0714. The van der Waals surface area contributed by atoms with Gasteiger partial charge in [-0.2, -0.15) is 5.26 Å². The Balaban J connectivity index is 2.32. The number of benzene rings is 2. The highest BCUT2D eigenvalue weighted by Crippen LogP contribution is 2.31. The van der Waals surface area contributed by atoms with Gasteiger partial charge < -0.3 is 9.84 Å². The summed E-state index contributed by atoms with van der Waals surface area (Å²) in [5, 5.41) is 18.3. The minimum atomic E-state index is 0.0938. The number of hydrogen-bond acceptors (Lipinski definition) is 3. The van der Waals surface area contributed by atoms with Gasteiger partial charge >= 0.3 is 0 Å². The van der Waals surface area contributed by atoms with Crippen LogP contribution in [0, 0.1) is 18.3 Å². The lowest BCUT2D eigenvalue weighted by Gasteiger charge is -2.09. The van der Waals surface area contributed by atoms with Gasteiger partial charge in [0.2, 0.25) is 0 Å². The van der Waals surface area contributed by atoms with Gasteiger partial charge in [-0.25, -0.2) is 0 Å². The molecule has 17 heavy (non-hydrogen) atoms. The molecule has 0 radical (unpaired) electrons. The minimum Gasteiger partial charge on any atom is -0.504 e. The third-order valence-corrected chi connectivity index (χ3v) is 2.39. The van der Waals surface area contributed by atoms with E-state index in [4.69, 9.17) is 10.00 Å². The quantitative estimate of drug-likeness (QED) is 0.852. The standard InChI is InChI=1S/C14H11NO2/c1-10-8-11(9-15)6-7-13(10)17-14-5-3-2-4-12(14)16/h2-8,16H,1H3. The molecule has 0 fully saturated rings. The maximum Gasteiger partial charge on any atom is 0.169 e. The average molecular weight is 225 g/mol. The lowest BCUT2D eigenvalue weighted by molar-refractivity contribution is 0.410. The van der Waals surface area contributed by atoms with E-state index >= 15 is 0 Å². The normalized spacial score (nSPS) is 9.65. The van der Waals surface area contributed by atoms with Gasteiger partial charge in [-0.15, -0.1) is 0 Å². The van der Waals surface area contributed by atoms with Crippen molar-refractivity contribution in [3.63, 3.8) is 0 Å². The number of phenols is 1. The van der Waals surface area contributed by atoms with Gasteiger partial charge in [-0.1, -0.05) is 12.1 Å². The first-order valence-corrected chi connectivity index (χ1v) is 5.17. The molecule has 3 nitrogen and oxygen atoms in total. The van der Waals surface area contributed by atoms with Crippen LogP contribution in [-0.4, -0.2) is 5.11 Å². The summed E-state index contributed by atoms with van der Waals surface area (Å²) in [4.78, 5) is 0. The van der Waals surface area contributed by atoms with E-state index < -0.39 is 0 Å². The summed E-state index contributed by atoms with van der Waals surface area (Å²) >= 11 is 0. The first kappa shape index (κ1) is 11.0. The maximum atomic E-state index is 9.59. The molecular formula is C14H11NO2. The molecule has 2 rings (SSSR count). The molecule has 2 aromatic rings. The molecule has 0 heterocycles. The summed E-state index contributed by atoms with van der Waals surface area (Å²) in [6, 6.07) is 14.0. The van der Waals surface area contributed by atoms with Crippen molar-refractivity contribution in [1.29, 1.82) is 5.26 Å². The largest absolute Gasteiger partial charge is 0.504 e. The van der Waals surface area contributed by atoms with Gasteiger partial charge in [0.1, 0.15) is 5.75 Å². The van der Waals surface area contributed by atoms with Crippen LogP contribution in [0.4, 0.5) is 0 Å². The molecule has 3 heteroatoms. The second kappa shape index (κ2) is 4.58. The highest BCUT2D eigenvalue weighted by atomic mass is 16.5. The Morgan fingerprint density at radius 3 is 2.53 bits per heavy atom. The highest BCUT2D eigenvalue weighted by molar-refractivity contribution is 5.46. The Labute approximate surface area is 99.5 Å². The summed E-state index contributed by atoms with van der Waals surface area (Å²) in [5.41, 5.74) is 1.44. The molecule has 0 aliphatic rings. The van der Waals surface area contributed by atoms with Gasteiger partial charge in [0.05, 0.1) is 11.6 Å². The van der Waals surface area contributed by atoms with Crippen LogP contribution < -0.4 is 4.74 Å². The number of aryl methyl sites for hydroxylation is 1. The lowest BCUT2D eigenvalue weighted by atomic mass is 10.1. The average Bonchev–Trinajstić information content (AvgIpc) is 2.34. The molecule has 0 aliphatic carbocycles. The van der Waals surface area contributed by atoms with Gasteiger partial charge in [0, 0.05) is 0 Å². The van der Waals surface area contributed by atoms with E-state index in [9.17, 15) is 5.11 Å². The van der Waals surface area contributed by atoms with E-state index in [1.807, 2.05) is 6.92 Å². The van der Waals surface area contributed by atoms with Crippen LogP contribution in [0.15, 0.2) is 42.5 Å². The second-order valence-corrected chi connectivity index (χ2v) is 3.66. The van der Waals surface area contributed by atoms with Gasteiger partial charge in [0.25, 0.3) is 0 Å². The predicted octanol–water partition coefficient (Wildman–Crippen LogP) is 3.36. The van der Waals surface area contributed by atoms with Crippen molar-refractivity contribution in [2.24, 2.45) is 0 Å². The first-order valence-electron chi connectivity index (χ1n) is 5.17. The molecule has 0 saturated heterocycles. The van der Waals surface area contributed by atoms with Gasteiger partial charge in [0.15, 0.2) is 11.5 Å². The Morgan fingerprint density at radius 2 is 1.88 bits per heavy atom. The van der Waals surface area contributed by atoms with Crippen molar-refractivity contribution in [3.05, 3.63) is 53.6 Å². The van der Waals surface area contributed by atoms with Crippen LogP contribution in [0.3, 0.4) is 0 Å². The molecular weight excluding hydrogens is 214 g/mol. The van der Waals surface area contributed by atoms with Crippen molar-refractivity contribution in [3.8, 4) is 23.3 Å². The van der Waals surface area contributed by atoms with Crippen molar-refractivity contribution >= 4 is 0 Å².